The lowest BCUT2D eigenvalue weighted by Gasteiger charge is -2.34. The molecule has 4 heteroatoms. The molecule has 0 aromatic heterocycles. The van der Waals surface area contributed by atoms with Crippen LogP contribution in [-0.4, -0.2) is 0 Å². The third-order valence-corrected chi connectivity index (χ3v) is 6.56. The van der Waals surface area contributed by atoms with Gasteiger partial charge in [0.15, 0.2) is 0 Å². The van der Waals surface area contributed by atoms with Crippen LogP contribution in [0.25, 0.3) is 0 Å². The van der Waals surface area contributed by atoms with Gasteiger partial charge >= 0.3 is 0 Å². The predicted molar refractivity (Wildman–Crippen MR) is 154 cm³/mol. The third kappa shape index (κ3) is 5.70. The van der Waals surface area contributed by atoms with Crippen LogP contribution in [0.15, 0.2) is 138 Å². The Kier molecular flexibility index (Phi) is 7.69. The maximum atomic E-state index is 6.33. The molecule has 0 spiro atoms. The fraction of sp³-hybridized carbons (Fsp3) is 0.152. The lowest BCUT2D eigenvalue weighted by atomic mass is 9.70. The van der Waals surface area contributed by atoms with E-state index in [9.17, 15) is 0 Å². The topological polar surface area (TPSA) is 70.5 Å². The highest BCUT2D eigenvalue weighted by Gasteiger charge is 2.33. The van der Waals surface area contributed by atoms with Gasteiger partial charge in [0.25, 0.3) is 0 Å². The largest absolute Gasteiger partial charge is 0.458 e. The van der Waals surface area contributed by atoms with Crippen molar-refractivity contribution in [2.45, 2.75) is 32.6 Å². The molecule has 2 bridgehead atoms. The zero-order valence-electron chi connectivity index (χ0n) is 21.7. The van der Waals surface area contributed by atoms with Gasteiger partial charge in [-0.1, -0.05) is 49.1 Å². The second kappa shape index (κ2) is 11.1. The number of nitrogen functional groups attached to an aromatic ring is 1. The van der Waals surface area contributed by atoms with Gasteiger partial charge in [-0.3, -0.25) is 0 Å². The van der Waals surface area contributed by atoms with Crippen LogP contribution < -0.4 is 20.9 Å². The summed E-state index contributed by atoms with van der Waals surface area (Å²) in [5, 5.41) is 0. The minimum absolute atomic E-state index is 0.0183. The van der Waals surface area contributed by atoms with Gasteiger partial charge in [0, 0.05) is 23.2 Å². The fourth-order valence-corrected chi connectivity index (χ4v) is 4.87. The van der Waals surface area contributed by atoms with Crippen molar-refractivity contribution in [1.82, 2.24) is 0 Å². The maximum Gasteiger partial charge on any atom is 0.127 e. The molecule has 4 N–H and O–H groups in total. The number of rotatable bonds is 7. The summed E-state index contributed by atoms with van der Waals surface area (Å²) in [5.74, 6) is 2.84. The monoisotopic (exact) mass is 490 g/mol. The molecule has 0 heterocycles. The van der Waals surface area contributed by atoms with E-state index in [0.717, 1.165) is 17.3 Å². The molecule has 188 valence electrons. The first kappa shape index (κ1) is 25.6. The Hall–Kier alpha value is -4.44. The van der Waals surface area contributed by atoms with Crippen molar-refractivity contribution in [3.8, 4) is 11.5 Å². The molecule has 0 radical (unpaired) electrons. The van der Waals surface area contributed by atoms with Crippen LogP contribution in [0.5, 0.6) is 11.5 Å². The molecule has 4 nitrogen and oxygen atoms in total. The van der Waals surface area contributed by atoms with Crippen molar-refractivity contribution in [2.24, 2.45) is 5.73 Å². The molecule has 0 amide bonds. The zero-order chi connectivity index (χ0) is 26.5. The average Bonchev–Trinajstić information content (AvgIpc) is 2.96. The predicted octanol–water partition coefficient (Wildman–Crippen LogP) is 7.74. The molecular formula is C33H34N2O2. The molecule has 37 heavy (non-hydrogen) atoms. The van der Waals surface area contributed by atoms with Crippen LogP contribution in [0.3, 0.4) is 0 Å². The number of anilines is 1. The summed E-state index contributed by atoms with van der Waals surface area (Å²) in [6.45, 7) is 14.0. The first-order valence-electron chi connectivity index (χ1n) is 12.4. The van der Waals surface area contributed by atoms with Gasteiger partial charge < -0.3 is 20.9 Å². The molecule has 2 aromatic carbocycles. The summed E-state index contributed by atoms with van der Waals surface area (Å²) >= 11 is 0. The summed E-state index contributed by atoms with van der Waals surface area (Å²) in [5.41, 5.74) is 18.8. The van der Waals surface area contributed by atoms with Crippen molar-refractivity contribution in [2.75, 3.05) is 5.73 Å². The lowest BCUT2D eigenvalue weighted by molar-refractivity contribution is 0.441. The van der Waals surface area contributed by atoms with E-state index in [2.05, 4.69) is 76.4 Å². The van der Waals surface area contributed by atoms with Gasteiger partial charge in [0.2, 0.25) is 0 Å². The summed E-state index contributed by atoms with van der Waals surface area (Å²) in [6, 6.07) is 13.7. The Balaban J connectivity index is 1.83. The van der Waals surface area contributed by atoms with E-state index in [1.54, 1.807) is 12.2 Å². The molecule has 0 saturated carbocycles. The Morgan fingerprint density at radius 3 is 2.35 bits per heavy atom. The van der Waals surface area contributed by atoms with E-state index >= 15 is 0 Å². The first-order chi connectivity index (χ1) is 17.8. The van der Waals surface area contributed by atoms with Gasteiger partial charge in [0.1, 0.15) is 23.0 Å². The normalized spacial score (nSPS) is 22.2. The number of allylic oxidation sites excluding steroid dienone is 11. The van der Waals surface area contributed by atoms with Crippen molar-refractivity contribution in [1.29, 1.82) is 0 Å². The molecule has 2 unspecified atom stereocenters. The van der Waals surface area contributed by atoms with Gasteiger partial charge in [0.05, 0.1) is 0 Å². The van der Waals surface area contributed by atoms with Crippen LogP contribution in [0.4, 0.5) is 5.69 Å². The second-order valence-corrected chi connectivity index (χ2v) is 9.18. The highest BCUT2D eigenvalue weighted by molar-refractivity contribution is 5.61. The van der Waals surface area contributed by atoms with Crippen molar-refractivity contribution < 1.29 is 9.47 Å². The summed E-state index contributed by atoms with van der Waals surface area (Å²) < 4.78 is 12.4. The Bertz CT molecular complexity index is 1400. The van der Waals surface area contributed by atoms with Crippen LogP contribution in [-0.2, 0) is 0 Å². The SMILES string of the molecule is C=C(N)/C=C\C(=C)Oc1ccc2c(c1)C1C(C)=C(/C=C\C)C2\C=C(Oc2ccc(N)cc2)/C=C\C1=C/C. The quantitative estimate of drug-likeness (QED) is 0.237. The molecule has 5 rings (SSSR count). The highest BCUT2D eigenvalue weighted by Crippen LogP contribution is 2.49. The maximum absolute atomic E-state index is 6.33. The smallest absolute Gasteiger partial charge is 0.127 e. The Morgan fingerprint density at radius 2 is 1.68 bits per heavy atom. The number of ether oxygens (including phenoxy) is 2. The molecule has 3 aliphatic carbocycles. The van der Waals surface area contributed by atoms with Crippen LogP contribution in [0.2, 0.25) is 0 Å². The number of fused-ring (bicyclic) bond motifs is 2. The molecule has 0 aliphatic heterocycles. The van der Waals surface area contributed by atoms with Crippen LogP contribution in [0.1, 0.15) is 43.7 Å². The van der Waals surface area contributed by atoms with Crippen LogP contribution in [0, 0.1) is 0 Å². The minimum Gasteiger partial charge on any atom is -0.458 e. The number of hydrogen-bond donors (Lipinski definition) is 2. The number of hydrogen-bond acceptors (Lipinski definition) is 4. The highest BCUT2D eigenvalue weighted by atomic mass is 16.5. The van der Waals surface area contributed by atoms with Gasteiger partial charge in [-0.25, -0.2) is 0 Å². The average molecular weight is 491 g/mol. The van der Waals surface area contributed by atoms with E-state index in [-0.39, 0.29) is 11.8 Å². The van der Waals surface area contributed by atoms with E-state index in [4.69, 9.17) is 20.9 Å². The molecule has 3 aliphatic rings. The Labute approximate surface area is 220 Å². The second-order valence-electron chi connectivity index (χ2n) is 9.18. The van der Waals surface area contributed by atoms with E-state index in [1.807, 2.05) is 36.4 Å². The van der Waals surface area contributed by atoms with Gasteiger partial charge in [-0.15, -0.1) is 0 Å². The van der Waals surface area contributed by atoms with Crippen molar-refractivity contribution >= 4 is 5.69 Å². The van der Waals surface area contributed by atoms with E-state index in [0.29, 0.717) is 17.1 Å². The summed E-state index contributed by atoms with van der Waals surface area (Å²) in [4.78, 5) is 0. The van der Waals surface area contributed by atoms with Crippen LogP contribution >= 0.6 is 0 Å². The number of nitrogens with two attached hydrogens (primary N) is 2. The molecule has 2 aromatic rings. The first-order valence-corrected chi connectivity index (χ1v) is 12.4. The number of benzene rings is 2. The molecule has 0 fully saturated rings. The summed E-state index contributed by atoms with van der Waals surface area (Å²) in [6.07, 6.45) is 16.2. The molecular weight excluding hydrogens is 456 g/mol. The van der Waals surface area contributed by atoms with Gasteiger partial charge in [-0.2, -0.15) is 0 Å². The van der Waals surface area contributed by atoms with E-state index < -0.39 is 0 Å². The molecule has 2 atom stereocenters. The fourth-order valence-electron chi connectivity index (χ4n) is 4.87. The Morgan fingerprint density at radius 1 is 0.946 bits per heavy atom. The summed E-state index contributed by atoms with van der Waals surface area (Å²) in [7, 11) is 0. The standard InChI is InChI=1S/C33H34N2O2/c1-6-8-29-23(5)33-24(7-2)11-14-28(37-26-15-12-25(35)13-16-26)19-31(29)30-18-17-27(20-32(30)33)36-22(4)10-9-21(3)34/h6-20,31,33H,3-4,34-35H2,1-2,5H3/b8-6-,10-9-,14-11-,24-7+,28-19+. The lowest BCUT2D eigenvalue weighted by Crippen LogP contribution is -2.18. The molecule has 0 saturated heterocycles. The van der Waals surface area contributed by atoms with Crippen molar-refractivity contribution in [3.63, 3.8) is 0 Å². The zero-order valence-corrected chi connectivity index (χ0v) is 21.7. The third-order valence-electron chi connectivity index (χ3n) is 6.56. The van der Waals surface area contributed by atoms with Crippen molar-refractivity contribution in [3.05, 3.63) is 149 Å². The van der Waals surface area contributed by atoms with Gasteiger partial charge in [-0.05, 0) is 104 Å². The minimum atomic E-state index is 0.0183. The van der Waals surface area contributed by atoms with E-state index in [1.165, 1.54) is 27.8 Å².